The third-order valence-corrected chi connectivity index (χ3v) is 6.85. The maximum absolute atomic E-state index is 12.6. The van der Waals surface area contributed by atoms with Crippen molar-refractivity contribution in [2.75, 3.05) is 25.9 Å². The summed E-state index contributed by atoms with van der Waals surface area (Å²) in [5, 5.41) is 5.98. The standard InChI is InChI=1S/C17H26N2O3S.ClH/c1-13-5-4-6-14(2)15(13)7-10-19-16(20)17(23(3,21)22)8-11-18-12-9-17;/h4-6,18H,7-12H2,1-3H3,(H,19,20);1H. The van der Waals surface area contributed by atoms with Gasteiger partial charge in [0.15, 0.2) is 14.6 Å². The van der Waals surface area contributed by atoms with Gasteiger partial charge < -0.3 is 10.6 Å². The fourth-order valence-electron chi connectivity index (χ4n) is 3.30. The van der Waals surface area contributed by atoms with Gasteiger partial charge >= 0.3 is 0 Å². The Kier molecular flexibility index (Phi) is 7.25. The first-order valence-electron chi connectivity index (χ1n) is 8.02. The Bertz CT molecular complexity index is 663. The Labute approximate surface area is 150 Å². The topological polar surface area (TPSA) is 75.3 Å². The molecule has 5 nitrogen and oxygen atoms in total. The smallest absolute Gasteiger partial charge is 0.241 e. The maximum Gasteiger partial charge on any atom is 0.241 e. The molecule has 1 heterocycles. The lowest BCUT2D eigenvalue weighted by Gasteiger charge is -2.34. The van der Waals surface area contributed by atoms with Gasteiger partial charge in [-0.25, -0.2) is 8.42 Å². The first kappa shape index (κ1) is 20.9. The van der Waals surface area contributed by atoms with Crippen molar-refractivity contribution < 1.29 is 13.2 Å². The van der Waals surface area contributed by atoms with Gasteiger partial charge in [-0.3, -0.25) is 4.79 Å². The number of rotatable bonds is 5. The van der Waals surface area contributed by atoms with Gasteiger partial charge in [0, 0.05) is 12.8 Å². The van der Waals surface area contributed by atoms with E-state index in [-0.39, 0.29) is 18.3 Å². The van der Waals surface area contributed by atoms with Crippen LogP contribution in [0.1, 0.15) is 29.5 Å². The number of nitrogens with one attached hydrogen (secondary N) is 2. The molecule has 0 radical (unpaired) electrons. The van der Waals surface area contributed by atoms with Crippen molar-refractivity contribution in [2.45, 2.75) is 37.9 Å². The van der Waals surface area contributed by atoms with Crippen LogP contribution in [0.25, 0.3) is 0 Å². The number of piperidine rings is 1. The second-order valence-corrected chi connectivity index (χ2v) is 8.72. The van der Waals surface area contributed by atoms with Crippen molar-refractivity contribution in [2.24, 2.45) is 0 Å². The molecule has 0 aliphatic carbocycles. The second-order valence-electron chi connectivity index (χ2n) is 6.39. The van der Waals surface area contributed by atoms with Crippen molar-refractivity contribution in [3.05, 3.63) is 34.9 Å². The van der Waals surface area contributed by atoms with E-state index in [4.69, 9.17) is 0 Å². The quantitative estimate of drug-likeness (QED) is 0.820. The molecule has 1 amide bonds. The molecule has 0 atom stereocenters. The molecule has 0 unspecified atom stereocenters. The van der Waals surface area contributed by atoms with Crippen LogP contribution in [0.3, 0.4) is 0 Å². The minimum absolute atomic E-state index is 0. The van der Waals surface area contributed by atoms with Crippen LogP contribution in [0.15, 0.2) is 18.2 Å². The summed E-state index contributed by atoms with van der Waals surface area (Å²) in [6, 6.07) is 6.12. The fraction of sp³-hybridized carbons (Fsp3) is 0.588. The van der Waals surface area contributed by atoms with E-state index in [0.29, 0.717) is 38.9 Å². The molecule has 24 heavy (non-hydrogen) atoms. The average Bonchev–Trinajstić information content (AvgIpc) is 2.49. The Morgan fingerprint density at radius 3 is 2.25 bits per heavy atom. The molecule has 1 aromatic carbocycles. The van der Waals surface area contributed by atoms with E-state index in [2.05, 4.69) is 36.6 Å². The van der Waals surface area contributed by atoms with Crippen molar-refractivity contribution >= 4 is 28.2 Å². The predicted octanol–water partition coefficient (Wildman–Crippen LogP) is 1.55. The largest absolute Gasteiger partial charge is 0.354 e. The Morgan fingerprint density at radius 2 is 1.75 bits per heavy atom. The van der Waals surface area contributed by atoms with Gasteiger partial charge in [-0.05, 0) is 62.9 Å². The van der Waals surface area contributed by atoms with Crippen molar-refractivity contribution in [1.29, 1.82) is 0 Å². The predicted molar refractivity (Wildman–Crippen MR) is 99.6 cm³/mol. The van der Waals surface area contributed by atoms with Crippen molar-refractivity contribution in [3.8, 4) is 0 Å². The van der Waals surface area contributed by atoms with E-state index in [9.17, 15) is 13.2 Å². The average molecular weight is 375 g/mol. The number of sulfone groups is 1. The SMILES string of the molecule is Cc1cccc(C)c1CCNC(=O)C1(S(C)(=O)=O)CCNCC1.Cl. The summed E-state index contributed by atoms with van der Waals surface area (Å²) in [4.78, 5) is 12.6. The minimum atomic E-state index is -3.45. The lowest BCUT2D eigenvalue weighted by atomic mass is 9.95. The number of carbonyl (C=O) groups is 1. The zero-order chi connectivity index (χ0) is 17.1. The van der Waals surface area contributed by atoms with Crippen LogP contribution in [0.5, 0.6) is 0 Å². The molecular formula is C17H27ClN2O3S. The third kappa shape index (κ3) is 4.29. The zero-order valence-electron chi connectivity index (χ0n) is 14.5. The van der Waals surface area contributed by atoms with Crippen LogP contribution < -0.4 is 10.6 Å². The molecule has 7 heteroatoms. The molecule has 1 aliphatic rings. The Hall–Kier alpha value is -1.11. The van der Waals surface area contributed by atoms with Crippen molar-refractivity contribution in [1.82, 2.24) is 10.6 Å². The molecule has 2 N–H and O–H groups in total. The van der Waals surface area contributed by atoms with Gasteiger partial charge in [0.2, 0.25) is 5.91 Å². The van der Waals surface area contributed by atoms with Gasteiger partial charge in [-0.2, -0.15) is 0 Å². The van der Waals surface area contributed by atoms with Crippen LogP contribution >= 0.6 is 12.4 Å². The highest BCUT2D eigenvalue weighted by molar-refractivity contribution is 7.92. The normalized spacial score (nSPS) is 17.0. The van der Waals surface area contributed by atoms with E-state index in [1.165, 1.54) is 22.9 Å². The Balaban J connectivity index is 0.00000288. The van der Waals surface area contributed by atoms with E-state index in [1.807, 2.05) is 6.07 Å². The zero-order valence-corrected chi connectivity index (χ0v) is 16.1. The summed E-state index contributed by atoms with van der Waals surface area (Å²) in [5.74, 6) is -0.354. The van der Waals surface area contributed by atoms with Gasteiger partial charge in [-0.15, -0.1) is 12.4 Å². The highest BCUT2D eigenvalue weighted by atomic mass is 35.5. The Morgan fingerprint density at radius 1 is 1.21 bits per heavy atom. The summed E-state index contributed by atoms with van der Waals surface area (Å²) >= 11 is 0. The van der Waals surface area contributed by atoms with Gasteiger partial charge in [0.25, 0.3) is 0 Å². The van der Waals surface area contributed by atoms with Crippen LogP contribution in [-0.2, 0) is 21.1 Å². The number of carbonyl (C=O) groups excluding carboxylic acids is 1. The van der Waals surface area contributed by atoms with Crippen LogP contribution in [0.4, 0.5) is 0 Å². The number of aryl methyl sites for hydroxylation is 2. The molecule has 1 aromatic rings. The number of benzene rings is 1. The van der Waals surface area contributed by atoms with E-state index in [1.54, 1.807) is 0 Å². The molecule has 0 saturated carbocycles. The van der Waals surface area contributed by atoms with E-state index < -0.39 is 14.6 Å². The molecule has 136 valence electrons. The highest BCUT2D eigenvalue weighted by Gasteiger charge is 2.48. The lowest BCUT2D eigenvalue weighted by molar-refractivity contribution is -0.124. The molecule has 1 saturated heterocycles. The number of amides is 1. The monoisotopic (exact) mass is 374 g/mol. The minimum Gasteiger partial charge on any atom is -0.354 e. The molecular weight excluding hydrogens is 348 g/mol. The van der Waals surface area contributed by atoms with Crippen molar-refractivity contribution in [3.63, 3.8) is 0 Å². The number of halogens is 1. The first-order valence-corrected chi connectivity index (χ1v) is 9.91. The highest BCUT2D eigenvalue weighted by Crippen LogP contribution is 2.28. The van der Waals surface area contributed by atoms with E-state index in [0.717, 1.165) is 0 Å². The second kappa shape index (κ2) is 8.32. The van der Waals surface area contributed by atoms with Gasteiger partial charge in [0.1, 0.15) is 0 Å². The first-order chi connectivity index (χ1) is 10.8. The third-order valence-electron chi connectivity index (χ3n) is 4.84. The van der Waals surface area contributed by atoms with E-state index >= 15 is 0 Å². The summed E-state index contributed by atoms with van der Waals surface area (Å²) < 4.78 is 23.1. The lowest BCUT2D eigenvalue weighted by Crippen LogP contribution is -2.57. The van der Waals surface area contributed by atoms with Crippen LogP contribution in [0, 0.1) is 13.8 Å². The summed E-state index contributed by atoms with van der Waals surface area (Å²) in [5.41, 5.74) is 3.60. The van der Waals surface area contributed by atoms with Gasteiger partial charge in [0.05, 0.1) is 0 Å². The molecule has 0 aromatic heterocycles. The number of hydrogen-bond acceptors (Lipinski definition) is 4. The van der Waals surface area contributed by atoms with Gasteiger partial charge in [-0.1, -0.05) is 18.2 Å². The molecule has 2 rings (SSSR count). The van der Waals surface area contributed by atoms with Crippen LogP contribution in [0.2, 0.25) is 0 Å². The summed E-state index contributed by atoms with van der Waals surface area (Å²) in [7, 11) is -3.45. The molecule has 0 spiro atoms. The molecule has 1 fully saturated rings. The fourth-order valence-corrected chi connectivity index (χ4v) is 4.66. The maximum atomic E-state index is 12.6. The van der Waals surface area contributed by atoms with Crippen LogP contribution in [-0.4, -0.2) is 45.0 Å². The number of hydrogen-bond donors (Lipinski definition) is 2. The molecule has 0 bridgehead atoms. The summed E-state index contributed by atoms with van der Waals surface area (Å²) in [6.45, 7) is 5.66. The molecule has 1 aliphatic heterocycles. The summed E-state index contributed by atoms with van der Waals surface area (Å²) in [6.07, 6.45) is 2.55.